The van der Waals surface area contributed by atoms with Crippen LogP contribution in [0.3, 0.4) is 0 Å². The first kappa shape index (κ1) is 27.6. The van der Waals surface area contributed by atoms with Crippen molar-refractivity contribution in [3.05, 3.63) is 100 Å². The normalized spacial score (nSPS) is 14.8. The van der Waals surface area contributed by atoms with E-state index in [4.69, 9.17) is 4.74 Å². The maximum atomic E-state index is 12.7. The fourth-order valence-electron chi connectivity index (χ4n) is 4.21. The van der Waals surface area contributed by atoms with Crippen LogP contribution in [0.2, 0.25) is 0 Å². The molecule has 11 nitrogen and oxygen atoms in total. The number of amides is 2. The van der Waals surface area contributed by atoms with Gasteiger partial charge in [-0.2, -0.15) is 0 Å². The minimum Gasteiger partial charge on any atom is -0.489 e. The van der Waals surface area contributed by atoms with Gasteiger partial charge in [-0.25, -0.2) is 0 Å². The Kier molecular flexibility index (Phi) is 9.08. The lowest BCUT2D eigenvalue weighted by molar-refractivity contribution is -0.384. The van der Waals surface area contributed by atoms with Crippen LogP contribution in [0.15, 0.2) is 78.9 Å². The predicted molar refractivity (Wildman–Crippen MR) is 143 cm³/mol. The smallest absolute Gasteiger partial charge is 0.269 e. The number of carbonyl (C=O) groups excluding carboxylic acids is 2. The number of non-ortho nitro benzene ring substituents is 1. The second-order valence-corrected chi connectivity index (χ2v) is 9.11. The molecule has 11 heteroatoms. The van der Waals surface area contributed by atoms with E-state index in [1.807, 2.05) is 30.3 Å². The second kappa shape index (κ2) is 12.9. The van der Waals surface area contributed by atoms with Gasteiger partial charge in [-0.15, -0.1) is 0 Å². The summed E-state index contributed by atoms with van der Waals surface area (Å²) in [6.45, 7) is 2.11. The largest absolute Gasteiger partial charge is 0.489 e. The van der Waals surface area contributed by atoms with Gasteiger partial charge in [0.25, 0.3) is 17.5 Å². The van der Waals surface area contributed by atoms with Crippen LogP contribution in [0.4, 0.5) is 11.4 Å². The Morgan fingerprint density at radius 1 is 0.897 bits per heavy atom. The highest BCUT2D eigenvalue weighted by atomic mass is 16.6. The second-order valence-electron chi connectivity index (χ2n) is 9.11. The zero-order chi connectivity index (χ0) is 27.8. The quantitative estimate of drug-likeness (QED) is 0.264. The molecule has 1 heterocycles. The average Bonchev–Trinajstić information content (AvgIpc) is 2.98. The number of anilines is 1. The monoisotopic (exact) mass is 534 g/mol. The highest BCUT2D eigenvalue weighted by molar-refractivity contribution is 5.90. The lowest BCUT2D eigenvalue weighted by Gasteiger charge is -2.37. The first-order valence-corrected chi connectivity index (χ1v) is 12.5. The van der Waals surface area contributed by atoms with Crippen molar-refractivity contribution in [2.75, 3.05) is 31.1 Å². The molecule has 1 fully saturated rings. The molecule has 2 amide bonds. The van der Waals surface area contributed by atoms with Crippen LogP contribution >= 0.6 is 0 Å². The summed E-state index contributed by atoms with van der Waals surface area (Å²) in [6, 6.07) is 22.8. The van der Waals surface area contributed by atoms with E-state index in [9.17, 15) is 29.9 Å². The van der Waals surface area contributed by atoms with Gasteiger partial charge in [-0.1, -0.05) is 42.5 Å². The van der Waals surface area contributed by atoms with Crippen molar-refractivity contribution >= 4 is 23.2 Å². The molecule has 3 N–H and O–H groups in total. The Balaban J connectivity index is 1.21. The maximum Gasteiger partial charge on any atom is 0.269 e. The summed E-state index contributed by atoms with van der Waals surface area (Å²) in [4.78, 5) is 39.1. The standard InChI is InChI=1S/C28H30N4O7/c33-25(26(34)28(36)31-15-13-30(14-16-31)22-6-2-1-3-7-22)27(35)29-18-20-9-11-24(12-10-20)39-19-21-5-4-8-23(17-21)32(37)38/h1-12,17,25-26,33-34H,13-16,18-19H2,(H,29,35)/t25-,26-/m1/s1. The summed E-state index contributed by atoms with van der Waals surface area (Å²) in [5, 5.41) is 34.1. The molecule has 0 saturated carbocycles. The van der Waals surface area contributed by atoms with Crippen molar-refractivity contribution in [2.24, 2.45) is 0 Å². The molecule has 0 radical (unpaired) electrons. The number of nitrogens with one attached hydrogen (secondary N) is 1. The molecule has 4 rings (SSSR count). The fourth-order valence-corrected chi connectivity index (χ4v) is 4.21. The van der Waals surface area contributed by atoms with Crippen LogP contribution in [0, 0.1) is 10.1 Å². The number of nitrogens with zero attached hydrogens (tertiary/aromatic N) is 3. The van der Waals surface area contributed by atoms with Crippen LogP contribution in [0.25, 0.3) is 0 Å². The average molecular weight is 535 g/mol. The number of para-hydroxylation sites is 1. The SMILES string of the molecule is O=C(NCc1ccc(OCc2cccc([N+](=O)[O-])c2)cc1)[C@H](O)[C@@H](O)C(=O)N1CCN(c2ccccc2)CC1. The number of rotatable bonds is 10. The zero-order valence-electron chi connectivity index (χ0n) is 21.2. The molecule has 39 heavy (non-hydrogen) atoms. The van der Waals surface area contributed by atoms with Crippen molar-refractivity contribution in [1.29, 1.82) is 0 Å². The first-order valence-electron chi connectivity index (χ1n) is 12.5. The Bertz CT molecular complexity index is 1280. The predicted octanol–water partition coefficient (Wildman–Crippen LogP) is 1.86. The van der Waals surface area contributed by atoms with Gasteiger partial charge in [-0.3, -0.25) is 19.7 Å². The molecule has 0 aromatic heterocycles. The molecule has 1 aliphatic heterocycles. The first-order chi connectivity index (χ1) is 18.8. The summed E-state index contributed by atoms with van der Waals surface area (Å²) in [6.07, 6.45) is -3.76. The molecule has 2 atom stereocenters. The van der Waals surface area contributed by atoms with Gasteiger partial charge in [0, 0.05) is 50.5 Å². The molecular weight excluding hydrogens is 504 g/mol. The third-order valence-electron chi connectivity index (χ3n) is 6.45. The van der Waals surface area contributed by atoms with Crippen LogP contribution in [0.5, 0.6) is 5.75 Å². The molecule has 204 valence electrons. The summed E-state index contributed by atoms with van der Waals surface area (Å²) in [5.41, 5.74) is 2.39. The van der Waals surface area contributed by atoms with E-state index >= 15 is 0 Å². The Hall–Kier alpha value is -4.48. The van der Waals surface area contributed by atoms with Gasteiger partial charge < -0.3 is 30.1 Å². The van der Waals surface area contributed by atoms with E-state index in [0.29, 0.717) is 43.1 Å². The lowest BCUT2D eigenvalue weighted by Crippen LogP contribution is -2.55. The van der Waals surface area contributed by atoms with E-state index < -0.39 is 28.9 Å². The van der Waals surface area contributed by atoms with Gasteiger partial charge in [-0.05, 0) is 35.4 Å². The minimum absolute atomic E-state index is 0.0122. The van der Waals surface area contributed by atoms with E-state index in [-0.39, 0.29) is 18.8 Å². The summed E-state index contributed by atoms with van der Waals surface area (Å²) in [5.74, 6) is -1.01. The molecule has 3 aromatic carbocycles. The van der Waals surface area contributed by atoms with Crippen LogP contribution < -0.4 is 15.0 Å². The molecule has 0 unspecified atom stereocenters. The van der Waals surface area contributed by atoms with E-state index in [1.54, 1.807) is 36.4 Å². The highest BCUT2D eigenvalue weighted by Crippen LogP contribution is 2.18. The number of nitro benzene ring substituents is 1. The maximum absolute atomic E-state index is 12.7. The number of aliphatic hydroxyl groups excluding tert-OH is 2. The fraction of sp³-hybridized carbons (Fsp3) is 0.286. The topological polar surface area (TPSA) is 145 Å². The Labute approximate surface area is 225 Å². The van der Waals surface area contributed by atoms with E-state index in [0.717, 1.165) is 5.69 Å². The van der Waals surface area contributed by atoms with E-state index in [2.05, 4.69) is 10.2 Å². The van der Waals surface area contributed by atoms with Crippen molar-refractivity contribution in [3.8, 4) is 5.75 Å². The van der Waals surface area contributed by atoms with Crippen molar-refractivity contribution in [3.63, 3.8) is 0 Å². The van der Waals surface area contributed by atoms with Crippen LogP contribution in [-0.4, -0.2) is 70.2 Å². The van der Waals surface area contributed by atoms with E-state index in [1.165, 1.54) is 17.0 Å². The number of hydrogen-bond acceptors (Lipinski definition) is 8. The van der Waals surface area contributed by atoms with Crippen molar-refractivity contribution in [2.45, 2.75) is 25.4 Å². The molecule has 0 bridgehead atoms. The summed E-state index contributed by atoms with van der Waals surface area (Å²) < 4.78 is 5.66. The Morgan fingerprint density at radius 3 is 2.26 bits per heavy atom. The van der Waals surface area contributed by atoms with Gasteiger partial charge in [0.15, 0.2) is 12.2 Å². The molecule has 0 spiro atoms. The van der Waals surface area contributed by atoms with Gasteiger partial charge in [0.2, 0.25) is 0 Å². The molecule has 3 aromatic rings. The van der Waals surface area contributed by atoms with Crippen LogP contribution in [0.1, 0.15) is 11.1 Å². The van der Waals surface area contributed by atoms with Crippen LogP contribution in [-0.2, 0) is 22.7 Å². The van der Waals surface area contributed by atoms with Crippen molar-refractivity contribution in [1.82, 2.24) is 10.2 Å². The molecular formula is C28H30N4O7. The lowest BCUT2D eigenvalue weighted by atomic mass is 10.1. The molecule has 0 aliphatic carbocycles. The number of hydrogen-bond donors (Lipinski definition) is 3. The number of carbonyl (C=O) groups is 2. The number of aliphatic hydroxyl groups is 2. The number of ether oxygens (including phenoxy) is 1. The molecule has 1 aliphatic rings. The number of benzene rings is 3. The zero-order valence-corrected chi connectivity index (χ0v) is 21.2. The summed E-state index contributed by atoms with van der Waals surface area (Å²) in [7, 11) is 0. The highest BCUT2D eigenvalue weighted by Gasteiger charge is 2.34. The van der Waals surface area contributed by atoms with Gasteiger partial charge in [0.1, 0.15) is 12.4 Å². The van der Waals surface area contributed by atoms with Gasteiger partial charge in [0.05, 0.1) is 4.92 Å². The van der Waals surface area contributed by atoms with Gasteiger partial charge >= 0.3 is 0 Å². The molecule has 1 saturated heterocycles. The Morgan fingerprint density at radius 2 is 1.59 bits per heavy atom. The number of nitro groups is 1. The third-order valence-corrected chi connectivity index (χ3v) is 6.45. The number of piperazine rings is 1. The third kappa shape index (κ3) is 7.30. The minimum atomic E-state index is -1.90. The summed E-state index contributed by atoms with van der Waals surface area (Å²) >= 11 is 0. The van der Waals surface area contributed by atoms with Crippen molar-refractivity contribution < 1.29 is 29.5 Å².